The Morgan fingerprint density at radius 2 is 1.84 bits per heavy atom. The van der Waals surface area contributed by atoms with Gasteiger partial charge in [0.1, 0.15) is 11.9 Å². The maximum absolute atomic E-state index is 13.4. The van der Waals surface area contributed by atoms with Gasteiger partial charge < -0.3 is 10.1 Å². The molecule has 1 atom stereocenters. The fraction of sp³-hybridized carbons (Fsp3) is 0.333. The highest BCUT2D eigenvalue weighted by atomic mass is 19.2. The number of carbonyl (C=O) groups is 2. The molecule has 1 rings (SSSR count). The van der Waals surface area contributed by atoms with Gasteiger partial charge in [-0.2, -0.15) is 0 Å². The maximum Gasteiger partial charge on any atom is 0.328 e. The molecule has 0 radical (unpaired) electrons. The van der Waals surface area contributed by atoms with Crippen LogP contribution in [0.5, 0.6) is 0 Å². The van der Waals surface area contributed by atoms with Gasteiger partial charge in [-0.05, 0) is 12.1 Å². The van der Waals surface area contributed by atoms with Gasteiger partial charge in [-0.1, -0.05) is 0 Å². The predicted octanol–water partition coefficient (Wildman–Crippen LogP) is 1.32. The monoisotopic (exact) mass is 275 g/mol. The zero-order valence-electron chi connectivity index (χ0n) is 10.3. The summed E-state index contributed by atoms with van der Waals surface area (Å²) in [6.07, 6.45) is -0.540. The first-order valence-electron chi connectivity index (χ1n) is 5.34. The molecule has 1 aromatic rings. The van der Waals surface area contributed by atoms with E-state index in [0.717, 1.165) is 20.1 Å². The van der Waals surface area contributed by atoms with E-state index in [9.17, 15) is 22.8 Å². The van der Waals surface area contributed by atoms with E-state index in [1.807, 2.05) is 0 Å². The van der Waals surface area contributed by atoms with E-state index in [1.54, 1.807) is 0 Å². The molecule has 1 aromatic carbocycles. The number of methoxy groups -OCH3 is 1. The molecule has 4 nitrogen and oxygen atoms in total. The van der Waals surface area contributed by atoms with Crippen molar-refractivity contribution in [2.45, 2.75) is 19.4 Å². The second-order valence-corrected chi connectivity index (χ2v) is 3.80. The van der Waals surface area contributed by atoms with Gasteiger partial charge in [-0.15, -0.1) is 0 Å². The minimum Gasteiger partial charge on any atom is -0.467 e. The molecule has 0 aliphatic carbocycles. The molecule has 1 amide bonds. The highest BCUT2D eigenvalue weighted by Crippen LogP contribution is 2.18. The molecule has 0 aromatic heterocycles. The number of hydrogen-bond acceptors (Lipinski definition) is 3. The summed E-state index contributed by atoms with van der Waals surface area (Å²) < 4.78 is 44.3. The summed E-state index contributed by atoms with van der Waals surface area (Å²) in [6.45, 7) is 1.13. The van der Waals surface area contributed by atoms with Gasteiger partial charge in [0.2, 0.25) is 5.91 Å². The van der Waals surface area contributed by atoms with Crippen LogP contribution in [0, 0.1) is 17.5 Å². The Morgan fingerprint density at radius 3 is 2.37 bits per heavy atom. The lowest BCUT2D eigenvalue weighted by atomic mass is 10.0. The number of hydrogen-bond donors (Lipinski definition) is 1. The number of halogens is 3. The normalized spacial score (nSPS) is 11.8. The zero-order chi connectivity index (χ0) is 14.6. The van der Waals surface area contributed by atoms with Crippen LogP contribution in [0.1, 0.15) is 12.5 Å². The number of nitrogens with one attached hydrogen (secondary N) is 1. The quantitative estimate of drug-likeness (QED) is 0.666. The standard InChI is InChI=1S/C12H12F3NO3/c1-6(17)16-10(12(18)19-2)5-7-8(13)3-4-9(14)11(7)15/h3-4,10H,5H2,1-2H3,(H,16,17)/t10-/m1/s1. The number of rotatable bonds is 4. The van der Waals surface area contributed by atoms with Crippen LogP contribution in [-0.4, -0.2) is 25.0 Å². The first kappa shape index (κ1) is 15.0. The lowest BCUT2D eigenvalue weighted by Crippen LogP contribution is -2.42. The van der Waals surface area contributed by atoms with Crippen molar-refractivity contribution < 1.29 is 27.5 Å². The van der Waals surface area contributed by atoms with E-state index in [2.05, 4.69) is 10.1 Å². The van der Waals surface area contributed by atoms with E-state index in [0.29, 0.717) is 6.07 Å². The van der Waals surface area contributed by atoms with Crippen LogP contribution in [0.3, 0.4) is 0 Å². The molecule has 104 valence electrons. The average molecular weight is 275 g/mol. The molecular weight excluding hydrogens is 263 g/mol. The van der Waals surface area contributed by atoms with Gasteiger partial charge in [0.05, 0.1) is 7.11 Å². The summed E-state index contributed by atoms with van der Waals surface area (Å²) >= 11 is 0. The highest BCUT2D eigenvalue weighted by Gasteiger charge is 2.25. The second-order valence-electron chi connectivity index (χ2n) is 3.80. The molecular formula is C12H12F3NO3. The van der Waals surface area contributed by atoms with Crippen molar-refractivity contribution in [3.8, 4) is 0 Å². The zero-order valence-corrected chi connectivity index (χ0v) is 10.3. The minimum absolute atomic E-state index is 0.540. The Hall–Kier alpha value is -2.05. The molecule has 0 saturated carbocycles. The van der Waals surface area contributed by atoms with Crippen LogP contribution in [-0.2, 0) is 20.7 Å². The van der Waals surface area contributed by atoms with Gasteiger partial charge >= 0.3 is 5.97 Å². The predicted molar refractivity (Wildman–Crippen MR) is 59.6 cm³/mol. The molecule has 0 fully saturated rings. The smallest absolute Gasteiger partial charge is 0.328 e. The van der Waals surface area contributed by atoms with Crippen LogP contribution < -0.4 is 5.32 Å². The Bertz CT molecular complexity index is 505. The van der Waals surface area contributed by atoms with Crippen molar-refractivity contribution in [3.05, 3.63) is 35.1 Å². The number of amides is 1. The maximum atomic E-state index is 13.4. The van der Waals surface area contributed by atoms with Crippen molar-refractivity contribution in [2.75, 3.05) is 7.11 Å². The lowest BCUT2D eigenvalue weighted by molar-refractivity contribution is -0.144. The lowest BCUT2D eigenvalue weighted by Gasteiger charge is -2.16. The molecule has 1 N–H and O–H groups in total. The van der Waals surface area contributed by atoms with Crippen molar-refractivity contribution >= 4 is 11.9 Å². The Kier molecular flexibility index (Phi) is 4.91. The first-order chi connectivity index (χ1) is 8.86. The fourth-order valence-electron chi connectivity index (χ4n) is 1.54. The molecule has 0 unspecified atom stereocenters. The minimum atomic E-state index is -1.39. The van der Waals surface area contributed by atoms with E-state index in [1.165, 1.54) is 0 Å². The number of ether oxygens (including phenoxy) is 1. The molecule has 19 heavy (non-hydrogen) atoms. The van der Waals surface area contributed by atoms with Gasteiger partial charge in [0.25, 0.3) is 0 Å². The number of carbonyl (C=O) groups excluding carboxylic acids is 2. The van der Waals surface area contributed by atoms with Crippen molar-refractivity contribution in [1.29, 1.82) is 0 Å². The van der Waals surface area contributed by atoms with Gasteiger partial charge in [0, 0.05) is 18.9 Å². The largest absolute Gasteiger partial charge is 0.467 e. The van der Waals surface area contributed by atoms with E-state index in [-0.39, 0.29) is 0 Å². The van der Waals surface area contributed by atoms with Crippen molar-refractivity contribution in [3.63, 3.8) is 0 Å². The van der Waals surface area contributed by atoms with Crippen LogP contribution in [0.4, 0.5) is 13.2 Å². The summed E-state index contributed by atoms with van der Waals surface area (Å²) in [5.74, 6) is -5.08. The number of esters is 1. The van der Waals surface area contributed by atoms with Crippen molar-refractivity contribution in [1.82, 2.24) is 5.32 Å². The summed E-state index contributed by atoms with van der Waals surface area (Å²) in [7, 11) is 1.06. The molecule has 7 heteroatoms. The van der Waals surface area contributed by atoms with E-state index in [4.69, 9.17) is 0 Å². The van der Waals surface area contributed by atoms with Crippen molar-refractivity contribution in [2.24, 2.45) is 0 Å². The van der Waals surface area contributed by atoms with Gasteiger partial charge in [0.15, 0.2) is 11.6 Å². The Morgan fingerprint density at radius 1 is 1.26 bits per heavy atom. The Balaban J connectivity index is 3.05. The van der Waals surface area contributed by atoms with Crippen LogP contribution in [0.15, 0.2) is 12.1 Å². The summed E-state index contributed by atoms with van der Waals surface area (Å²) in [5, 5.41) is 2.18. The van der Waals surface area contributed by atoms with E-state index < -0.39 is 47.4 Å². The van der Waals surface area contributed by atoms with Crippen LogP contribution in [0.25, 0.3) is 0 Å². The fourth-order valence-corrected chi connectivity index (χ4v) is 1.54. The molecule has 0 heterocycles. The number of benzene rings is 1. The van der Waals surface area contributed by atoms with Gasteiger partial charge in [-0.3, -0.25) is 4.79 Å². The average Bonchev–Trinajstić information content (AvgIpc) is 2.36. The van der Waals surface area contributed by atoms with Crippen LogP contribution >= 0.6 is 0 Å². The van der Waals surface area contributed by atoms with Crippen LogP contribution in [0.2, 0.25) is 0 Å². The third-order valence-corrected chi connectivity index (χ3v) is 2.41. The summed E-state index contributed by atoms with van der Waals surface area (Å²) in [6, 6.07) is 0.101. The molecule has 0 aliphatic heterocycles. The molecule has 0 bridgehead atoms. The topological polar surface area (TPSA) is 55.4 Å². The van der Waals surface area contributed by atoms with E-state index >= 15 is 0 Å². The molecule has 0 spiro atoms. The second kappa shape index (κ2) is 6.21. The molecule has 0 aliphatic rings. The Labute approximate surface area is 107 Å². The molecule has 0 saturated heterocycles. The third-order valence-electron chi connectivity index (χ3n) is 2.41. The summed E-state index contributed by atoms with van der Waals surface area (Å²) in [5.41, 5.74) is -0.621. The first-order valence-corrected chi connectivity index (χ1v) is 5.34. The SMILES string of the molecule is COC(=O)[C@@H](Cc1c(F)ccc(F)c1F)NC(C)=O. The third kappa shape index (κ3) is 3.70. The summed E-state index contributed by atoms with van der Waals surface area (Å²) in [4.78, 5) is 22.3. The van der Waals surface area contributed by atoms with Gasteiger partial charge in [-0.25, -0.2) is 18.0 Å². The highest BCUT2D eigenvalue weighted by molar-refractivity contribution is 5.83.